The molecule has 0 spiro atoms. The molecule has 4 heterocycles. The van der Waals surface area contributed by atoms with Gasteiger partial charge in [-0.25, -0.2) is 9.97 Å². The van der Waals surface area contributed by atoms with Crippen LogP contribution in [0, 0.1) is 6.92 Å². The second kappa shape index (κ2) is 6.26. The van der Waals surface area contributed by atoms with Gasteiger partial charge >= 0.3 is 0 Å². The summed E-state index contributed by atoms with van der Waals surface area (Å²) >= 11 is 1.19. The monoisotopic (exact) mass is 375 g/mol. The molecule has 4 aromatic heterocycles. The first-order chi connectivity index (χ1) is 12.2. The molecule has 1 N–H and O–H groups in total. The lowest BCUT2D eigenvalue weighted by molar-refractivity contribution is 0.112. The predicted molar refractivity (Wildman–Crippen MR) is 93.8 cm³/mol. The Morgan fingerprint density at radius 2 is 2.24 bits per heavy atom. The molecular weight excluding hydrogens is 365 g/mol. The molecule has 25 heavy (non-hydrogen) atoms. The van der Waals surface area contributed by atoms with E-state index in [9.17, 15) is 8.68 Å². The van der Waals surface area contributed by atoms with E-state index in [1.54, 1.807) is 24.7 Å². The lowest BCUT2D eigenvalue weighted by Gasteiger charge is -2.07. The van der Waals surface area contributed by atoms with Gasteiger partial charge < -0.3 is 5.32 Å². The molecule has 0 amide bonds. The minimum Gasteiger partial charge on any atom is -0.328 e. The molecule has 126 valence electrons. The average Bonchev–Trinajstić information content (AvgIpc) is 3.33. The van der Waals surface area contributed by atoms with Crippen LogP contribution in [0.2, 0.25) is 0 Å². The molecule has 0 saturated carbocycles. The number of fused-ring (bicyclic) bond motifs is 1. The first-order valence-corrected chi connectivity index (χ1v) is 8.50. The molecule has 0 aliphatic rings. The van der Waals surface area contributed by atoms with E-state index in [0.717, 1.165) is 21.0 Å². The van der Waals surface area contributed by atoms with E-state index in [4.69, 9.17) is 0 Å². The molecule has 0 aliphatic heterocycles. The van der Waals surface area contributed by atoms with Gasteiger partial charge in [0.1, 0.15) is 10.7 Å². The predicted octanol–water partition coefficient (Wildman–Crippen LogP) is 3.29. The number of aldehydes is 1. The van der Waals surface area contributed by atoms with Crippen LogP contribution >= 0.6 is 23.9 Å². The Bertz CT molecular complexity index is 1070. The van der Waals surface area contributed by atoms with Gasteiger partial charge in [-0.15, -0.1) is 3.89 Å². The van der Waals surface area contributed by atoms with E-state index in [1.807, 2.05) is 17.5 Å². The zero-order valence-electron chi connectivity index (χ0n) is 12.8. The number of rotatable bonds is 5. The quantitative estimate of drug-likeness (QED) is 0.535. The number of hydrogen-bond acceptors (Lipinski definition) is 8. The Labute approximate surface area is 149 Å². The van der Waals surface area contributed by atoms with E-state index >= 15 is 0 Å². The van der Waals surface area contributed by atoms with Crippen LogP contribution in [-0.2, 0) is 0 Å². The van der Waals surface area contributed by atoms with Crippen LogP contribution in [0.1, 0.15) is 16.2 Å². The zero-order valence-corrected chi connectivity index (χ0v) is 14.4. The highest BCUT2D eigenvalue weighted by Gasteiger charge is 2.14. The summed E-state index contributed by atoms with van der Waals surface area (Å²) in [5.41, 5.74) is 3.22. The van der Waals surface area contributed by atoms with E-state index in [1.165, 1.54) is 11.5 Å². The second-order valence-corrected chi connectivity index (χ2v) is 6.44. The standard InChI is InChI=1S/C14H10FN7OS2/c1-8-5-21-11(9-3-17-22(6-9)25-15)4-16-14(21)13(18-8)19-12-2-10(7-23)20-24-12/h2-7H,1H3,(H,18,19). The Kier molecular flexibility index (Phi) is 3.93. The number of nitrogens with one attached hydrogen (secondary N) is 1. The summed E-state index contributed by atoms with van der Waals surface area (Å²) < 4.78 is 19.6. The maximum absolute atomic E-state index is 12.6. The third-order valence-electron chi connectivity index (χ3n) is 3.43. The molecule has 8 nitrogen and oxygen atoms in total. The highest BCUT2D eigenvalue weighted by Crippen LogP contribution is 2.27. The zero-order chi connectivity index (χ0) is 17.4. The van der Waals surface area contributed by atoms with E-state index in [-0.39, 0.29) is 12.3 Å². The second-order valence-electron chi connectivity index (χ2n) is 5.13. The normalized spacial score (nSPS) is 11.1. The minimum absolute atomic E-state index is 0.0220. The molecule has 0 bridgehead atoms. The number of imidazole rings is 1. The fraction of sp³-hybridized carbons (Fsp3) is 0.0714. The van der Waals surface area contributed by atoms with Crippen molar-refractivity contribution in [2.75, 3.05) is 5.32 Å². The maximum atomic E-state index is 12.6. The van der Waals surface area contributed by atoms with Gasteiger partial charge in [0.25, 0.3) is 0 Å². The molecule has 0 unspecified atom stereocenters. The van der Waals surface area contributed by atoms with Gasteiger partial charge in [0.05, 0.1) is 23.8 Å². The minimum atomic E-state index is 0.0220. The van der Waals surface area contributed by atoms with Crippen molar-refractivity contribution in [2.24, 2.45) is 0 Å². The molecule has 11 heteroatoms. The van der Waals surface area contributed by atoms with Gasteiger partial charge in [-0.2, -0.15) is 13.6 Å². The summed E-state index contributed by atoms with van der Waals surface area (Å²) in [5, 5.41) is 7.74. The van der Waals surface area contributed by atoms with E-state index in [2.05, 4.69) is 24.8 Å². The van der Waals surface area contributed by atoms with Gasteiger partial charge in [-0.05, 0) is 18.5 Å². The summed E-state index contributed by atoms with van der Waals surface area (Å²) in [7, 11) is 0. The average molecular weight is 375 g/mol. The van der Waals surface area contributed by atoms with Crippen LogP contribution in [0.25, 0.3) is 16.9 Å². The third-order valence-corrected chi connectivity index (χ3v) is 4.49. The van der Waals surface area contributed by atoms with Gasteiger partial charge in [-0.3, -0.25) is 9.20 Å². The first-order valence-electron chi connectivity index (χ1n) is 7.05. The number of aromatic nitrogens is 6. The summed E-state index contributed by atoms with van der Waals surface area (Å²) in [5.74, 6) is 0.541. The van der Waals surface area contributed by atoms with Crippen LogP contribution in [0.15, 0.2) is 30.9 Å². The molecule has 0 saturated heterocycles. The molecule has 0 fully saturated rings. The fourth-order valence-corrected chi connectivity index (χ4v) is 3.25. The van der Waals surface area contributed by atoms with Gasteiger partial charge in [-0.1, -0.05) is 0 Å². The SMILES string of the molecule is Cc1cn2c(-c3cnn(SF)c3)cnc2c(Nc2cc(C=O)ns2)n1. The molecule has 0 aromatic carbocycles. The molecule has 0 aliphatic carbocycles. The van der Waals surface area contributed by atoms with Crippen molar-refractivity contribution in [1.29, 1.82) is 0 Å². The van der Waals surface area contributed by atoms with Crippen LogP contribution in [0.5, 0.6) is 0 Å². The summed E-state index contributed by atoms with van der Waals surface area (Å²) in [6.07, 6.45) is 7.35. The van der Waals surface area contributed by atoms with E-state index in [0.29, 0.717) is 28.4 Å². The Morgan fingerprint density at radius 1 is 1.36 bits per heavy atom. The Morgan fingerprint density at radius 3 is 2.96 bits per heavy atom. The molecular formula is C14H10FN7OS2. The summed E-state index contributed by atoms with van der Waals surface area (Å²) in [4.78, 5) is 19.7. The third kappa shape index (κ3) is 2.87. The number of carbonyl (C=O) groups is 1. The fourth-order valence-electron chi connectivity index (χ4n) is 2.40. The van der Waals surface area contributed by atoms with Gasteiger partial charge in [0, 0.05) is 24.0 Å². The topological polar surface area (TPSA) is 90.0 Å². The summed E-state index contributed by atoms with van der Waals surface area (Å²) in [6.45, 7) is 1.86. The largest absolute Gasteiger partial charge is 0.328 e. The molecule has 0 atom stereocenters. The van der Waals surface area contributed by atoms with Crippen molar-refractivity contribution in [1.82, 2.24) is 27.9 Å². The first kappa shape index (κ1) is 15.7. The van der Waals surface area contributed by atoms with Crippen LogP contribution in [0.3, 0.4) is 0 Å². The number of aryl methyl sites for hydroxylation is 1. The Balaban J connectivity index is 1.79. The van der Waals surface area contributed by atoms with Crippen LogP contribution < -0.4 is 5.32 Å². The highest BCUT2D eigenvalue weighted by molar-refractivity contribution is 7.92. The highest BCUT2D eigenvalue weighted by atomic mass is 32.2. The number of halogens is 1. The van der Waals surface area contributed by atoms with Crippen LogP contribution in [-0.4, -0.2) is 34.2 Å². The molecule has 0 radical (unpaired) electrons. The molecule has 4 aromatic rings. The lowest BCUT2D eigenvalue weighted by atomic mass is 10.3. The van der Waals surface area contributed by atoms with Crippen molar-refractivity contribution in [3.8, 4) is 11.3 Å². The maximum Gasteiger partial charge on any atom is 0.187 e. The van der Waals surface area contributed by atoms with Gasteiger partial charge in [0.15, 0.2) is 30.1 Å². The lowest BCUT2D eigenvalue weighted by Crippen LogP contribution is -2.00. The van der Waals surface area contributed by atoms with E-state index < -0.39 is 0 Å². The van der Waals surface area contributed by atoms with Crippen LogP contribution in [0.4, 0.5) is 14.7 Å². The number of anilines is 2. The van der Waals surface area contributed by atoms with Crippen molar-refractivity contribution < 1.29 is 8.68 Å². The Hall–Kier alpha value is -2.79. The van der Waals surface area contributed by atoms with Crippen molar-refractivity contribution in [2.45, 2.75) is 6.92 Å². The van der Waals surface area contributed by atoms with Crippen molar-refractivity contribution in [3.63, 3.8) is 0 Å². The smallest absolute Gasteiger partial charge is 0.187 e. The number of hydrogen-bond donors (Lipinski definition) is 1. The van der Waals surface area contributed by atoms with Crippen molar-refractivity contribution in [3.05, 3.63) is 42.2 Å². The summed E-state index contributed by atoms with van der Waals surface area (Å²) in [6, 6.07) is 1.64. The number of carbonyl (C=O) groups excluding carboxylic acids is 1. The molecule has 4 rings (SSSR count). The number of nitrogens with zero attached hydrogens (tertiary/aromatic N) is 6. The van der Waals surface area contributed by atoms with Gasteiger partial charge in [0.2, 0.25) is 0 Å². The van der Waals surface area contributed by atoms with Crippen molar-refractivity contribution >= 4 is 46.6 Å².